The summed E-state index contributed by atoms with van der Waals surface area (Å²) in [7, 11) is -2.70. The van der Waals surface area contributed by atoms with Crippen LogP contribution >= 0.6 is 19.0 Å². The van der Waals surface area contributed by atoms with Crippen molar-refractivity contribution in [1.82, 2.24) is 18.7 Å². The number of hydrogen-bond donors (Lipinski definition) is 0. The molecule has 0 spiro atoms. The summed E-state index contributed by atoms with van der Waals surface area (Å²) >= 11 is 3.00. The number of nitrogens with zero attached hydrogens (tertiary/aromatic N) is 4. The number of benzene rings is 6. The Hall–Kier alpha value is -5.75. The molecule has 0 radical (unpaired) electrons. The Balaban J connectivity index is 1.54. The van der Waals surface area contributed by atoms with Crippen molar-refractivity contribution >= 4 is 68.6 Å². The van der Waals surface area contributed by atoms with Crippen LogP contribution in [0, 0.1) is 4.37 Å². The molecule has 8 aromatic rings. The van der Waals surface area contributed by atoms with Gasteiger partial charge in [0.2, 0.25) is 0 Å². The van der Waals surface area contributed by atoms with Crippen LogP contribution < -0.4 is 15.9 Å². The van der Waals surface area contributed by atoms with Gasteiger partial charge in [0.15, 0.2) is 0 Å². The molecule has 2 aromatic heterocycles. The maximum atomic E-state index is 6.17. The summed E-state index contributed by atoms with van der Waals surface area (Å²) in [6.07, 6.45) is 8.64. The average Bonchev–Trinajstić information content (AvgIpc) is 3.99. The van der Waals surface area contributed by atoms with E-state index in [9.17, 15) is 0 Å². The van der Waals surface area contributed by atoms with Crippen molar-refractivity contribution in [3.05, 3.63) is 197 Å². The second-order valence-corrected chi connectivity index (χ2v) is 18.6. The van der Waals surface area contributed by atoms with Gasteiger partial charge >= 0.3 is 361 Å². The molecular formula is C51H39N4OOsPS+. The molecule has 1 aliphatic rings. The topological polar surface area (TPSA) is 60.8 Å². The van der Waals surface area contributed by atoms with Crippen molar-refractivity contribution < 1.29 is 22.7 Å². The standard InChI is InChI=1S/C51H39N4OPS.Os/c1-4-21-43-48-50(53-47(38-24-13-7-14-25-38)46(52-48)37-22-11-6-12-23-37)45(51-49(43)54-58-55-51)44(32-39-34-56-33-36(39)5-2)35(3)57(40-26-15-8-16-27-40,41-28-17-9-18-29-41)42-30-19-10-20-31-42;/h4-32H,33-34H2,1-2H3;/q+1;/b21-4+,36-5?,39-32?,44-35?;. The molecule has 0 saturated carbocycles. The van der Waals surface area contributed by atoms with Crippen LogP contribution in [0.2, 0.25) is 0 Å². The number of rotatable bonds is 9. The number of hydrogen-bond acceptors (Lipinski definition) is 6. The van der Waals surface area contributed by atoms with Crippen molar-refractivity contribution in [2.45, 2.75) is 13.8 Å². The summed E-state index contributed by atoms with van der Waals surface area (Å²) in [5.41, 5.74) is 11.7. The van der Waals surface area contributed by atoms with Crippen LogP contribution in [0.3, 0.4) is 0 Å². The van der Waals surface area contributed by atoms with Crippen molar-refractivity contribution in [3.8, 4) is 26.9 Å². The van der Waals surface area contributed by atoms with Crippen molar-refractivity contribution in [1.29, 1.82) is 0 Å². The molecular weight excluding hydrogens is 938 g/mol. The molecule has 1 aliphatic heterocycles. The molecule has 5 nitrogen and oxygen atoms in total. The van der Waals surface area contributed by atoms with Gasteiger partial charge in [-0.3, -0.25) is 0 Å². The number of allylic oxidation sites excluding steroid dienone is 5. The minimum absolute atomic E-state index is 0.488. The first kappa shape index (κ1) is 38.7. The maximum absolute atomic E-state index is 6.17. The van der Waals surface area contributed by atoms with Crippen LogP contribution in [-0.2, 0) is 22.7 Å². The molecule has 8 heteroatoms. The molecule has 0 aliphatic carbocycles. The Morgan fingerprint density at radius 3 is 1.58 bits per heavy atom. The fourth-order valence-corrected chi connectivity index (χ4v) is 14.5. The van der Waals surface area contributed by atoms with Crippen LogP contribution in [0.25, 0.3) is 56.2 Å². The summed E-state index contributed by atoms with van der Waals surface area (Å²) in [4.78, 5) is 11.4. The molecule has 287 valence electrons. The molecule has 0 N–H and O–H groups in total. The molecule has 9 rings (SSSR count). The first-order valence-corrected chi connectivity index (χ1v) is 23.3. The molecule has 0 bridgehead atoms. The summed E-state index contributed by atoms with van der Waals surface area (Å²) in [6, 6.07) is 53.6. The third-order valence-electron chi connectivity index (χ3n) is 10.8. The van der Waals surface area contributed by atoms with Crippen LogP contribution in [0.4, 0.5) is 0 Å². The Kier molecular flexibility index (Phi) is 11.3. The number of fused-ring (bicyclic) bond motifs is 2. The van der Waals surface area contributed by atoms with Crippen LogP contribution in [0.15, 0.2) is 186 Å². The van der Waals surface area contributed by atoms with E-state index in [1.54, 1.807) is 17.9 Å². The van der Waals surface area contributed by atoms with Gasteiger partial charge in [0.25, 0.3) is 0 Å². The Morgan fingerprint density at radius 2 is 1.08 bits per heavy atom. The van der Waals surface area contributed by atoms with Crippen molar-refractivity contribution in [2.75, 3.05) is 13.2 Å². The van der Waals surface area contributed by atoms with E-state index in [0.717, 1.165) is 77.7 Å². The van der Waals surface area contributed by atoms with Gasteiger partial charge in [-0.25, -0.2) is 0 Å². The van der Waals surface area contributed by atoms with Crippen LogP contribution in [0.1, 0.15) is 25.0 Å². The van der Waals surface area contributed by atoms with E-state index < -0.39 is 7.26 Å². The summed E-state index contributed by atoms with van der Waals surface area (Å²) in [5.74, 6) is 0. The van der Waals surface area contributed by atoms with Gasteiger partial charge in [-0.1, -0.05) is 0 Å². The first-order valence-electron chi connectivity index (χ1n) is 19.5. The van der Waals surface area contributed by atoms with Gasteiger partial charge in [0.05, 0.1) is 0 Å². The van der Waals surface area contributed by atoms with Gasteiger partial charge < -0.3 is 0 Å². The summed E-state index contributed by atoms with van der Waals surface area (Å²) in [5, 5.41) is 4.75. The average molecular weight is 977 g/mol. The third kappa shape index (κ3) is 7.00. The summed E-state index contributed by atoms with van der Waals surface area (Å²) in [6.45, 7) is 5.16. The quantitative estimate of drug-likeness (QED) is 0.135. The van der Waals surface area contributed by atoms with Crippen LogP contribution in [-0.4, -0.2) is 31.9 Å². The number of ether oxygens (including phenoxy) is 1. The van der Waals surface area contributed by atoms with E-state index in [1.165, 1.54) is 27.6 Å². The zero-order valence-corrected chi connectivity index (χ0v) is 36.8. The molecule has 59 heavy (non-hydrogen) atoms. The van der Waals surface area contributed by atoms with Crippen molar-refractivity contribution in [2.24, 2.45) is 0 Å². The van der Waals surface area contributed by atoms with Crippen LogP contribution in [0.5, 0.6) is 0 Å². The monoisotopic (exact) mass is 978 g/mol. The Bertz CT molecular complexity index is 2880. The second-order valence-electron chi connectivity index (χ2n) is 14.1. The molecule has 0 unspecified atom stereocenters. The normalized spacial score (nSPS) is 15.0. The SMILES string of the molecule is CC=C1COCC1=CC(=C([C]#[Os])[P+](c1ccccc1)(c1ccccc1)c1ccccc1)c1c2nsnc2c(/C=C/C)c2nc(-c3ccccc3)c(-c3ccccc3)nc12. The zero-order valence-electron chi connectivity index (χ0n) is 32.6. The Labute approximate surface area is 359 Å². The Morgan fingerprint density at radius 1 is 0.610 bits per heavy atom. The predicted octanol–water partition coefficient (Wildman–Crippen LogP) is 11.1. The van der Waals surface area contributed by atoms with Gasteiger partial charge in [-0.2, -0.15) is 0 Å². The molecule has 3 heterocycles. The van der Waals surface area contributed by atoms with E-state index in [1.807, 2.05) is 25.1 Å². The van der Waals surface area contributed by atoms with E-state index in [2.05, 4.69) is 169 Å². The van der Waals surface area contributed by atoms with Gasteiger partial charge in [-0.05, 0) is 0 Å². The second kappa shape index (κ2) is 17.2. The van der Waals surface area contributed by atoms with E-state index in [-0.39, 0.29) is 0 Å². The fourth-order valence-electron chi connectivity index (χ4n) is 8.09. The minimum atomic E-state index is -2.70. The molecule has 1 fully saturated rings. The van der Waals surface area contributed by atoms with Gasteiger partial charge in [0.1, 0.15) is 0 Å². The number of aromatic nitrogens is 4. The van der Waals surface area contributed by atoms with Gasteiger partial charge in [-0.15, -0.1) is 0 Å². The zero-order chi connectivity index (χ0) is 40.2. The summed E-state index contributed by atoms with van der Waals surface area (Å²) < 4.78 is 20.3. The van der Waals surface area contributed by atoms with E-state index in [0.29, 0.717) is 13.2 Å². The fraction of sp³-hybridized carbons (Fsp3) is 0.0784. The first-order chi connectivity index (χ1) is 29.2. The van der Waals surface area contributed by atoms with E-state index >= 15 is 0 Å². The van der Waals surface area contributed by atoms with Gasteiger partial charge in [0, 0.05) is 0 Å². The molecule has 0 amide bonds. The molecule has 1 saturated heterocycles. The van der Waals surface area contributed by atoms with Crippen molar-refractivity contribution in [3.63, 3.8) is 0 Å². The third-order valence-corrected chi connectivity index (χ3v) is 16.7. The van der Waals surface area contributed by atoms with E-state index in [4.69, 9.17) is 23.5 Å². The molecule has 6 aromatic carbocycles. The molecule has 0 atom stereocenters. The predicted molar refractivity (Wildman–Crippen MR) is 245 cm³/mol.